The molecule has 0 aromatic carbocycles. The van der Waals surface area contributed by atoms with E-state index in [9.17, 15) is 9.59 Å². The third kappa shape index (κ3) is 2.90. The van der Waals surface area contributed by atoms with Crippen LogP contribution in [0.1, 0.15) is 32.1 Å². The van der Waals surface area contributed by atoms with E-state index in [2.05, 4.69) is 5.32 Å². The average molecular weight is 171 g/mol. The van der Waals surface area contributed by atoms with Gasteiger partial charge in [-0.2, -0.15) is 0 Å². The van der Waals surface area contributed by atoms with Crippen molar-refractivity contribution in [1.29, 1.82) is 0 Å². The largest absolute Gasteiger partial charge is 0.465 e. The molecule has 2 N–H and O–H groups in total. The Kier molecular flexibility index (Phi) is 3.08. The number of carbonyl (C=O) groups is 2. The molecule has 1 amide bonds. The second-order valence-corrected chi connectivity index (χ2v) is 3.12. The number of rotatable bonds is 1. The van der Waals surface area contributed by atoms with Gasteiger partial charge in [-0.15, -0.1) is 0 Å². The zero-order valence-electron chi connectivity index (χ0n) is 6.88. The number of nitrogens with one attached hydrogen (secondary N) is 1. The van der Waals surface area contributed by atoms with Gasteiger partial charge in [0, 0.05) is 18.9 Å². The van der Waals surface area contributed by atoms with Crippen LogP contribution in [0.15, 0.2) is 0 Å². The van der Waals surface area contributed by atoms with Crippen molar-refractivity contribution < 1.29 is 14.7 Å². The monoisotopic (exact) mass is 171 g/mol. The lowest BCUT2D eigenvalue weighted by molar-refractivity contribution is -0.118. The van der Waals surface area contributed by atoms with Crippen LogP contribution in [0.5, 0.6) is 0 Å². The zero-order chi connectivity index (χ0) is 8.97. The normalized spacial score (nSPS) is 24.7. The van der Waals surface area contributed by atoms with E-state index < -0.39 is 6.09 Å². The molecule has 1 aliphatic rings. The zero-order valence-corrected chi connectivity index (χ0v) is 6.88. The first kappa shape index (κ1) is 9.03. The summed E-state index contributed by atoms with van der Waals surface area (Å²) in [6, 6.07) is -0.0195. The topological polar surface area (TPSA) is 66.4 Å². The fraction of sp³-hybridized carbons (Fsp3) is 0.750. The first-order chi connectivity index (χ1) is 5.68. The van der Waals surface area contributed by atoms with Gasteiger partial charge in [-0.3, -0.25) is 4.79 Å². The number of amides is 1. The van der Waals surface area contributed by atoms with Crippen LogP contribution in [0, 0.1) is 0 Å². The molecule has 1 aliphatic carbocycles. The molecule has 0 heterocycles. The number of hydrogen-bond acceptors (Lipinski definition) is 2. The Bertz CT molecular complexity index is 191. The van der Waals surface area contributed by atoms with Crippen molar-refractivity contribution in [3.8, 4) is 0 Å². The van der Waals surface area contributed by atoms with Gasteiger partial charge in [-0.25, -0.2) is 4.79 Å². The molecule has 0 spiro atoms. The van der Waals surface area contributed by atoms with Gasteiger partial charge in [-0.05, 0) is 19.3 Å². The van der Waals surface area contributed by atoms with Crippen molar-refractivity contribution in [2.45, 2.75) is 38.1 Å². The molecular formula is C8H13NO3. The van der Waals surface area contributed by atoms with Crippen LogP contribution in [-0.2, 0) is 4.79 Å². The minimum absolute atomic E-state index is 0.0195. The van der Waals surface area contributed by atoms with Gasteiger partial charge in [0.1, 0.15) is 5.78 Å². The van der Waals surface area contributed by atoms with Gasteiger partial charge >= 0.3 is 6.09 Å². The van der Waals surface area contributed by atoms with Crippen LogP contribution < -0.4 is 5.32 Å². The van der Waals surface area contributed by atoms with Gasteiger partial charge in [0.05, 0.1) is 0 Å². The van der Waals surface area contributed by atoms with Gasteiger partial charge in [0.15, 0.2) is 0 Å². The van der Waals surface area contributed by atoms with E-state index in [1.54, 1.807) is 0 Å². The maximum atomic E-state index is 10.9. The highest BCUT2D eigenvalue weighted by atomic mass is 16.4. The second-order valence-electron chi connectivity index (χ2n) is 3.12. The maximum Gasteiger partial charge on any atom is 0.404 e. The van der Waals surface area contributed by atoms with Crippen molar-refractivity contribution in [3.63, 3.8) is 0 Å². The van der Waals surface area contributed by atoms with Crippen molar-refractivity contribution in [3.05, 3.63) is 0 Å². The number of carbonyl (C=O) groups excluding carboxylic acids is 1. The molecule has 1 unspecified atom stereocenters. The molecule has 0 aliphatic heterocycles. The molecule has 1 rings (SSSR count). The highest BCUT2D eigenvalue weighted by Gasteiger charge is 2.17. The predicted octanol–water partition coefficient (Wildman–Crippen LogP) is 1.16. The lowest BCUT2D eigenvalue weighted by Crippen LogP contribution is -2.33. The summed E-state index contributed by atoms with van der Waals surface area (Å²) in [7, 11) is 0. The first-order valence-electron chi connectivity index (χ1n) is 4.19. The van der Waals surface area contributed by atoms with Crippen molar-refractivity contribution in [2.75, 3.05) is 0 Å². The molecule has 1 saturated carbocycles. The summed E-state index contributed by atoms with van der Waals surface area (Å²) in [5.74, 6) is 0.254. The van der Waals surface area contributed by atoms with Gasteiger partial charge in [0.2, 0.25) is 0 Å². The van der Waals surface area contributed by atoms with Crippen molar-refractivity contribution in [2.24, 2.45) is 0 Å². The summed E-state index contributed by atoms with van der Waals surface area (Å²) in [4.78, 5) is 21.2. The first-order valence-corrected chi connectivity index (χ1v) is 4.19. The Hall–Kier alpha value is -1.06. The van der Waals surface area contributed by atoms with E-state index in [1.807, 2.05) is 0 Å². The Morgan fingerprint density at radius 3 is 2.83 bits per heavy atom. The number of hydrogen-bond donors (Lipinski definition) is 2. The van der Waals surface area contributed by atoms with Crippen LogP contribution >= 0.6 is 0 Å². The molecular weight excluding hydrogens is 158 g/mol. The quantitative estimate of drug-likeness (QED) is 0.582. The van der Waals surface area contributed by atoms with Gasteiger partial charge in [-0.1, -0.05) is 0 Å². The van der Waals surface area contributed by atoms with Crippen LogP contribution in [-0.4, -0.2) is 23.0 Å². The smallest absolute Gasteiger partial charge is 0.404 e. The SMILES string of the molecule is O=C1CCCC(NC(=O)O)CC1. The minimum atomic E-state index is -0.991. The molecule has 0 aromatic heterocycles. The standard InChI is InChI=1S/C8H13NO3/c10-7-3-1-2-6(4-5-7)9-8(11)12/h6,9H,1-5H2,(H,11,12). The fourth-order valence-electron chi connectivity index (χ4n) is 1.47. The molecule has 1 fully saturated rings. The maximum absolute atomic E-state index is 10.9. The van der Waals surface area contributed by atoms with E-state index in [-0.39, 0.29) is 11.8 Å². The van der Waals surface area contributed by atoms with Gasteiger partial charge < -0.3 is 10.4 Å². The van der Waals surface area contributed by atoms with E-state index in [4.69, 9.17) is 5.11 Å². The molecule has 68 valence electrons. The van der Waals surface area contributed by atoms with Crippen molar-refractivity contribution >= 4 is 11.9 Å². The molecule has 0 saturated heterocycles. The summed E-state index contributed by atoms with van der Waals surface area (Å²) in [5.41, 5.74) is 0. The summed E-state index contributed by atoms with van der Waals surface area (Å²) in [6.45, 7) is 0. The second kappa shape index (κ2) is 4.09. The molecule has 0 radical (unpaired) electrons. The molecule has 0 aromatic rings. The summed E-state index contributed by atoms with van der Waals surface area (Å²) < 4.78 is 0. The molecule has 1 atom stereocenters. The predicted molar refractivity (Wildman–Crippen MR) is 43.0 cm³/mol. The van der Waals surface area contributed by atoms with E-state index in [1.165, 1.54) is 0 Å². The highest BCUT2D eigenvalue weighted by Crippen LogP contribution is 2.14. The Labute approximate surface area is 71.0 Å². The third-order valence-corrected chi connectivity index (χ3v) is 2.11. The molecule has 0 bridgehead atoms. The number of carboxylic acid groups (broad SMARTS) is 1. The van der Waals surface area contributed by atoms with Crippen LogP contribution in [0.2, 0.25) is 0 Å². The number of Topliss-reactive ketones (excluding diaryl/α,β-unsaturated/α-hetero) is 1. The molecule has 12 heavy (non-hydrogen) atoms. The Morgan fingerprint density at radius 2 is 2.17 bits per heavy atom. The van der Waals surface area contributed by atoms with E-state index in [0.717, 1.165) is 12.8 Å². The lowest BCUT2D eigenvalue weighted by Gasteiger charge is -2.12. The van der Waals surface area contributed by atoms with Crippen LogP contribution in [0.25, 0.3) is 0 Å². The summed E-state index contributed by atoms with van der Waals surface area (Å²) >= 11 is 0. The Balaban J connectivity index is 2.35. The van der Waals surface area contributed by atoms with Crippen LogP contribution in [0.3, 0.4) is 0 Å². The van der Waals surface area contributed by atoms with E-state index in [0.29, 0.717) is 19.3 Å². The van der Waals surface area contributed by atoms with E-state index >= 15 is 0 Å². The fourth-order valence-corrected chi connectivity index (χ4v) is 1.47. The highest BCUT2D eigenvalue weighted by molar-refractivity contribution is 5.78. The van der Waals surface area contributed by atoms with Gasteiger partial charge in [0.25, 0.3) is 0 Å². The average Bonchev–Trinajstić information content (AvgIpc) is 2.15. The summed E-state index contributed by atoms with van der Waals surface area (Å²) in [5, 5.41) is 10.8. The lowest BCUT2D eigenvalue weighted by atomic mass is 10.1. The Morgan fingerprint density at radius 1 is 1.42 bits per heavy atom. The molecule has 4 heteroatoms. The number of ketones is 1. The van der Waals surface area contributed by atoms with Crippen LogP contribution in [0.4, 0.5) is 4.79 Å². The minimum Gasteiger partial charge on any atom is -0.465 e. The molecule has 4 nitrogen and oxygen atoms in total. The van der Waals surface area contributed by atoms with Crippen molar-refractivity contribution in [1.82, 2.24) is 5.32 Å². The summed E-state index contributed by atoms with van der Waals surface area (Å²) in [6.07, 6.45) is 2.39. The third-order valence-electron chi connectivity index (χ3n) is 2.11.